The first-order valence-electron chi connectivity index (χ1n) is 8.90. The van der Waals surface area contributed by atoms with E-state index >= 15 is 0 Å². The first-order chi connectivity index (χ1) is 11.8. The van der Waals surface area contributed by atoms with Crippen LogP contribution in [0.4, 0.5) is 13.6 Å². The summed E-state index contributed by atoms with van der Waals surface area (Å²) in [4.78, 5) is 28.5. The zero-order valence-electron chi connectivity index (χ0n) is 14.5. The van der Waals surface area contributed by atoms with Crippen molar-refractivity contribution in [3.05, 3.63) is 11.8 Å². The number of halogens is 2. The molecular weight excluding hydrogens is 332 g/mol. The van der Waals surface area contributed by atoms with Gasteiger partial charge in [0.25, 0.3) is 5.92 Å². The molecule has 3 rings (SSSR count). The molecule has 0 aromatic rings. The third-order valence-corrected chi connectivity index (χ3v) is 5.42. The Bertz CT molecular complexity index is 581. The Morgan fingerprint density at radius 2 is 2.20 bits per heavy atom. The van der Waals surface area contributed by atoms with Crippen molar-refractivity contribution in [3.63, 3.8) is 0 Å². The molecule has 6 nitrogen and oxygen atoms in total. The van der Waals surface area contributed by atoms with Crippen LogP contribution >= 0.6 is 0 Å². The first kappa shape index (κ1) is 18.1. The molecule has 2 amide bonds. The summed E-state index contributed by atoms with van der Waals surface area (Å²) in [5.41, 5.74) is 0.750. The van der Waals surface area contributed by atoms with Crippen LogP contribution in [0.25, 0.3) is 0 Å². The summed E-state index contributed by atoms with van der Waals surface area (Å²) < 4.78 is 26.9. The fraction of sp³-hybridized carbons (Fsp3) is 0.765. The van der Waals surface area contributed by atoms with Gasteiger partial charge in [0, 0.05) is 18.2 Å². The van der Waals surface area contributed by atoms with Gasteiger partial charge in [0.05, 0.1) is 13.1 Å². The number of fused-ring (bicyclic) bond motifs is 1. The van der Waals surface area contributed by atoms with Crippen LogP contribution < -0.4 is 0 Å². The van der Waals surface area contributed by atoms with E-state index in [1.165, 1.54) is 0 Å². The van der Waals surface area contributed by atoms with E-state index in [2.05, 4.69) is 0 Å². The van der Waals surface area contributed by atoms with Gasteiger partial charge in [-0.3, -0.25) is 14.6 Å². The number of nitrogens with zero attached hydrogens (tertiary/aromatic N) is 3. The lowest BCUT2D eigenvalue weighted by Crippen LogP contribution is -2.57. The minimum atomic E-state index is -2.58. The van der Waals surface area contributed by atoms with Crippen molar-refractivity contribution >= 4 is 12.0 Å². The number of carbonyl (C=O) groups is 2. The molecule has 140 valence electrons. The Kier molecular flexibility index (Phi) is 4.99. The van der Waals surface area contributed by atoms with Crippen molar-refractivity contribution in [3.8, 4) is 0 Å². The molecule has 0 aromatic heterocycles. The van der Waals surface area contributed by atoms with Crippen LogP contribution in [-0.4, -0.2) is 76.0 Å². The quantitative estimate of drug-likeness (QED) is 0.839. The van der Waals surface area contributed by atoms with E-state index in [-0.39, 0.29) is 31.5 Å². The largest absolute Gasteiger partial charge is 0.465 e. The molecule has 1 N–H and O–H groups in total. The Labute approximate surface area is 146 Å². The highest BCUT2D eigenvalue weighted by atomic mass is 19.3. The van der Waals surface area contributed by atoms with Gasteiger partial charge in [-0.05, 0) is 45.7 Å². The summed E-state index contributed by atoms with van der Waals surface area (Å²) >= 11 is 0. The van der Waals surface area contributed by atoms with Gasteiger partial charge >= 0.3 is 6.09 Å². The Morgan fingerprint density at radius 1 is 1.44 bits per heavy atom. The number of hydrogen-bond acceptors (Lipinski definition) is 3. The lowest BCUT2D eigenvalue weighted by molar-refractivity contribution is -0.138. The zero-order valence-corrected chi connectivity index (χ0v) is 14.5. The van der Waals surface area contributed by atoms with Crippen molar-refractivity contribution in [1.29, 1.82) is 0 Å². The summed E-state index contributed by atoms with van der Waals surface area (Å²) in [5, 5.41) is 9.20. The molecule has 0 spiro atoms. The van der Waals surface area contributed by atoms with Crippen molar-refractivity contribution in [1.82, 2.24) is 14.7 Å². The van der Waals surface area contributed by atoms with Crippen LogP contribution in [0.5, 0.6) is 0 Å². The fourth-order valence-corrected chi connectivity index (χ4v) is 4.09. The second-order valence-electron chi connectivity index (χ2n) is 7.26. The summed E-state index contributed by atoms with van der Waals surface area (Å²) in [7, 11) is 0. The van der Waals surface area contributed by atoms with Gasteiger partial charge < -0.3 is 10.0 Å². The van der Waals surface area contributed by atoms with Crippen LogP contribution in [0.3, 0.4) is 0 Å². The Hall–Kier alpha value is -1.70. The van der Waals surface area contributed by atoms with Gasteiger partial charge in [0.1, 0.15) is 6.04 Å². The minimum Gasteiger partial charge on any atom is -0.465 e. The highest BCUT2D eigenvalue weighted by molar-refractivity contribution is 5.88. The maximum absolute atomic E-state index is 13.4. The second kappa shape index (κ2) is 6.90. The predicted octanol–water partition coefficient (Wildman–Crippen LogP) is 2.36. The molecule has 0 radical (unpaired) electrons. The lowest BCUT2D eigenvalue weighted by Gasteiger charge is -2.40. The number of carbonyl (C=O) groups excluding carboxylic acids is 1. The lowest BCUT2D eigenvalue weighted by atomic mass is 10.0. The SMILES string of the molecule is C[C@H]1C(=O)N2C(=CC[C@@H]2CCCN2CCCC(F)(F)C2)CN1C(=O)O. The predicted molar refractivity (Wildman–Crippen MR) is 87.4 cm³/mol. The van der Waals surface area contributed by atoms with E-state index in [4.69, 9.17) is 0 Å². The summed E-state index contributed by atoms with van der Waals surface area (Å²) in [6, 6.07) is -0.665. The van der Waals surface area contributed by atoms with E-state index in [0.717, 1.165) is 23.4 Å². The molecule has 2 atom stereocenters. The zero-order chi connectivity index (χ0) is 18.2. The third kappa shape index (κ3) is 3.78. The molecule has 25 heavy (non-hydrogen) atoms. The summed E-state index contributed by atoms with van der Waals surface area (Å²) in [6.07, 6.45) is 3.54. The molecule has 0 bridgehead atoms. The van der Waals surface area contributed by atoms with Crippen molar-refractivity contribution in [2.24, 2.45) is 0 Å². The number of alkyl halides is 2. The highest BCUT2D eigenvalue weighted by Gasteiger charge is 2.42. The molecule has 2 saturated heterocycles. The Morgan fingerprint density at radius 3 is 2.88 bits per heavy atom. The number of piperazine rings is 1. The number of likely N-dealkylation sites (tertiary alicyclic amines) is 1. The van der Waals surface area contributed by atoms with E-state index in [1.54, 1.807) is 16.7 Å². The fourth-order valence-electron chi connectivity index (χ4n) is 4.09. The molecule has 8 heteroatoms. The van der Waals surface area contributed by atoms with Crippen molar-refractivity contribution in [2.45, 2.75) is 57.0 Å². The average molecular weight is 357 g/mol. The number of carboxylic acid groups (broad SMARTS) is 1. The van der Waals surface area contributed by atoms with Crippen LogP contribution in [0.2, 0.25) is 0 Å². The molecule has 2 fully saturated rings. The molecule has 0 saturated carbocycles. The van der Waals surface area contributed by atoms with Gasteiger partial charge in [-0.25, -0.2) is 13.6 Å². The monoisotopic (exact) mass is 357 g/mol. The standard InChI is InChI=1S/C17H25F2N3O3/c1-12-15(23)22-13(5-6-14(22)10-21(12)16(24)25)4-2-8-20-9-3-7-17(18,19)11-20/h6,12-13H,2-5,7-11H2,1H3,(H,24,25)/t12-,13-/m0/s1. The van der Waals surface area contributed by atoms with Crippen LogP contribution in [-0.2, 0) is 4.79 Å². The molecule has 0 unspecified atom stereocenters. The summed E-state index contributed by atoms with van der Waals surface area (Å²) in [6.45, 7) is 2.99. The average Bonchev–Trinajstić information content (AvgIpc) is 2.93. The van der Waals surface area contributed by atoms with E-state index < -0.39 is 18.1 Å². The molecule has 3 aliphatic rings. The van der Waals surface area contributed by atoms with Gasteiger partial charge in [-0.2, -0.15) is 0 Å². The van der Waals surface area contributed by atoms with Crippen LogP contribution in [0, 0.1) is 0 Å². The first-order valence-corrected chi connectivity index (χ1v) is 8.90. The van der Waals surface area contributed by atoms with Gasteiger partial charge in [0.2, 0.25) is 5.91 Å². The topological polar surface area (TPSA) is 64.1 Å². The Balaban J connectivity index is 1.52. The molecule has 3 aliphatic heterocycles. The van der Waals surface area contributed by atoms with Crippen molar-refractivity contribution < 1.29 is 23.5 Å². The number of hydrogen-bond donors (Lipinski definition) is 1. The van der Waals surface area contributed by atoms with E-state index in [1.807, 2.05) is 6.08 Å². The molecule has 0 aromatic carbocycles. The molecular formula is C17H25F2N3O3. The number of amides is 2. The highest BCUT2D eigenvalue weighted by Crippen LogP contribution is 2.32. The van der Waals surface area contributed by atoms with E-state index in [9.17, 15) is 23.5 Å². The number of rotatable bonds is 4. The minimum absolute atomic E-state index is 0.0196. The summed E-state index contributed by atoms with van der Waals surface area (Å²) in [5.74, 6) is -2.77. The maximum atomic E-state index is 13.4. The molecule has 0 aliphatic carbocycles. The second-order valence-corrected chi connectivity index (χ2v) is 7.26. The molecule has 3 heterocycles. The van der Waals surface area contributed by atoms with E-state index in [0.29, 0.717) is 25.9 Å². The van der Waals surface area contributed by atoms with Gasteiger partial charge in [0.15, 0.2) is 0 Å². The third-order valence-electron chi connectivity index (χ3n) is 5.42. The van der Waals surface area contributed by atoms with Crippen LogP contribution in [0.1, 0.15) is 39.0 Å². The number of piperidine rings is 1. The van der Waals surface area contributed by atoms with Crippen molar-refractivity contribution in [2.75, 3.05) is 26.2 Å². The van der Waals surface area contributed by atoms with Gasteiger partial charge in [-0.1, -0.05) is 6.08 Å². The maximum Gasteiger partial charge on any atom is 0.408 e. The van der Waals surface area contributed by atoms with Gasteiger partial charge in [-0.15, -0.1) is 0 Å². The smallest absolute Gasteiger partial charge is 0.408 e. The normalized spacial score (nSPS) is 29.6. The van der Waals surface area contributed by atoms with Crippen LogP contribution in [0.15, 0.2) is 11.8 Å².